The zero-order valence-electron chi connectivity index (χ0n) is 10.1. The van der Waals surface area contributed by atoms with Crippen molar-refractivity contribution in [1.29, 1.82) is 0 Å². The van der Waals surface area contributed by atoms with Gasteiger partial charge in [0.15, 0.2) is 11.5 Å². The van der Waals surface area contributed by atoms with Gasteiger partial charge in [-0.1, -0.05) is 11.6 Å². The normalized spacial score (nSPS) is 14.6. The molecule has 96 valence electrons. The summed E-state index contributed by atoms with van der Waals surface area (Å²) in [4.78, 5) is 13.8. The zero-order chi connectivity index (χ0) is 13.0. The molecule has 1 aliphatic rings. The van der Waals surface area contributed by atoms with Crippen molar-refractivity contribution in [2.45, 2.75) is 31.9 Å². The van der Waals surface area contributed by atoms with Gasteiger partial charge < -0.3 is 9.47 Å². The van der Waals surface area contributed by atoms with E-state index in [1.165, 1.54) is 12.5 Å². The molecular weight excluding hydrogens is 254 g/mol. The lowest BCUT2D eigenvalue weighted by Crippen LogP contribution is -2.25. The molecule has 0 heterocycles. The van der Waals surface area contributed by atoms with Gasteiger partial charge in [-0.2, -0.15) is 0 Å². The first-order valence-corrected chi connectivity index (χ1v) is 6.19. The monoisotopic (exact) mass is 267 g/mol. The van der Waals surface area contributed by atoms with Crippen LogP contribution in [0.4, 0.5) is 0 Å². The van der Waals surface area contributed by atoms with Gasteiger partial charge in [-0.05, 0) is 25.3 Å². The van der Waals surface area contributed by atoms with Crippen molar-refractivity contribution in [2.75, 3.05) is 7.11 Å². The maximum absolute atomic E-state index is 10.2. The highest BCUT2D eigenvalue weighted by atomic mass is 35.5. The molecule has 0 spiro atoms. The standard InChI is InChI=1S/C13H14ClNO3/c1-17-12-6-10(14)5-9(7-15-8-16)13(12)18-11-3-2-4-11/h5-6,11H,2-4,7H2,1H3. The molecule has 0 amide bonds. The Morgan fingerprint density at radius 1 is 1.50 bits per heavy atom. The maximum atomic E-state index is 10.2. The third-order valence-corrected chi connectivity index (χ3v) is 3.19. The minimum atomic E-state index is 0.197. The van der Waals surface area contributed by atoms with Crippen LogP contribution in [-0.2, 0) is 11.3 Å². The molecule has 0 unspecified atom stereocenters. The number of nitrogens with zero attached hydrogens (tertiary/aromatic N) is 1. The molecule has 0 bridgehead atoms. The second-order valence-electron chi connectivity index (χ2n) is 4.17. The topological polar surface area (TPSA) is 47.9 Å². The molecule has 4 nitrogen and oxygen atoms in total. The molecule has 1 aromatic carbocycles. The smallest absolute Gasteiger partial charge is 0.235 e. The van der Waals surface area contributed by atoms with Crippen molar-refractivity contribution in [3.05, 3.63) is 22.7 Å². The van der Waals surface area contributed by atoms with Crippen LogP contribution in [-0.4, -0.2) is 19.3 Å². The van der Waals surface area contributed by atoms with Crippen LogP contribution in [0.25, 0.3) is 0 Å². The molecule has 0 saturated heterocycles. The number of carbonyl (C=O) groups excluding carboxylic acids is 1. The third kappa shape index (κ3) is 2.84. The Balaban J connectivity index is 2.32. The van der Waals surface area contributed by atoms with Crippen molar-refractivity contribution in [2.24, 2.45) is 4.99 Å². The summed E-state index contributed by atoms with van der Waals surface area (Å²) in [7, 11) is 1.56. The number of ether oxygens (including phenoxy) is 2. The van der Waals surface area contributed by atoms with Gasteiger partial charge >= 0.3 is 0 Å². The molecule has 1 saturated carbocycles. The van der Waals surface area contributed by atoms with Crippen molar-refractivity contribution in [3.8, 4) is 11.5 Å². The van der Waals surface area contributed by atoms with E-state index in [1.54, 1.807) is 19.2 Å². The van der Waals surface area contributed by atoms with Crippen LogP contribution in [0.15, 0.2) is 17.1 Å². The summed E-state index contributed by atoms with van der Waals surface area (Å²) in [6, 6.07) is 3.43. The number of rotatable bonds is 5. The van der Waals surface area contributed by atoms with Crippen LogP contribution < -0.4 is 9.47 Å². The van der Waals surface area contributed by atoms with Gasteiger partial charge in [-0.25, -0.2) is 9.79 Å². The summed E-state index contributed by atoms with van der Waals surface area (Å²) >= 11 is 5.99. The Bertz CT molecular complexity index is 479. The molecule has 1 aliphatic carbocycles. The minimum Gasteiger partial charge on any atom is -0.493 e. The molecule has 0 aromatic heterocycles. The van der Waals surface area contributed by atoms with Crippen LogP contribution >= 0.6 is 11.6 Å². The Hall–Kier alpha value is -1.51. The van der Waals surface area contributed by atoms with Crippen LogP contribution in [0.1, 0.15) is 24.8 Å². The number of hydrogen-bond acceptors (Lipinski definition) is 4. The lowest BCUT2D eigenvalue weighted by molar-refractivity contribution is 0.115. The first-order chi connectivity index (χ1) is 8.74. The van der Waals surface area contributed by atoms with E-state index in [4.69, 9.17) is 21.1 Å². The van der Waals surface area contributed by atoms with Crippen molar-refractivity contribution >= 4 is 17.7 Å². The lowest BCUT2D eigenvalue weighted by Gasteiger charge is -2.28. The number of aliphatic imine (C=N–C) groups is 1. The fraction of sp³-hybridized carbons (Fsp3) is 0.462. The van der Waals surface area contributed by atoms with E-state index in [0.29, 0.717) is 16.5 Å². The molecule has 1 fully saturated rings. The van der Waals surface area contributed by atoms with Gasteiger partial charge in [-0.3, -0.25) is 0 Å². The summed E-state index contributed by atoms with van der Waals surface area (Å²) < 4.78 is 11.1. The fourth-order valence-electron chi connectivity index (χ4n) is 1.80. The lowest BCUT2D eigenvalue weighted by atomic mass is 9.96. The summed E-state index contributed by atoms with van der Waals surface area (Å²) in [5, 5.41) is 0.531. The highest BCUT2D eigenvalue weighted by Gasteiger charge is 2.23. The number of benzene rings is 1. The summed E-state index contributed by atoms with van der Waals surface area (Å²) in [6.45, 7) is 0.197. The Kier molecular flexibility index (Phi) is 4.24. The zero-order valence-corrected chi connectivity index (χ0v) is 10.9. The minimum absolute atomic E-state index is 0.197. The highest BCUT2D eigenvalue weighted by Crippen LogP contribution is 2.38. The number of halogens is 1. The molecule has 2 rings (SSSR count). The second-order valence-corrected chi connectivity index (χ2v) is 4.61. The van der Waals surface area contributed by atoms with E-state index in [2.05, 4.69) is 4.99 Å². The highest BCUT2D eigenvalue weighted by molar-refractivity contribution is 6.30. The molecule has 18 heavy (non-hydrogen) atoms. The second kappa shape index (κ2) is 5.89. The average molecular weight is 268 g/mol. The van der Waals surface area contributed by atoms with E-state index in [9.17, 15) is 4.79 Å². The first kappa shape index (κ1) is 12.9. The van der Waals surface area contributed by atoms with Gasteiger partial charge in [0.25, 0.3) is 0 Å². The van der Waals surface area contributed by atoms with Crippen LogP contribution in [0.3, 0.4) is 0 Å². The third-order valence-electron chi connectivity index (χ3n) is 2.97. The van der Waals surface area contributed by atoms with Crippen molar-refractivity contribution < 1.29 is 14.3 Å². The van der Waals surface area contributed by atoms with Crippen molar-refractivity contribution in [3.63, 3.8) is 0 Å². The quantitative estimate of drug-likeness (QED) is 0.608. The molecule has 0 radical (unpaired) electrons. The fourth-order valence-corrected chi connectivity index (χ4v) is 2.03. The van der Waals surface area contributed by atoms with Crippen LogP contribution in [0.2, 0.25) is 5.02 Å². The van der Waals surface area contributed by atoms with Gasteiger partial charge in [0.05, 0.1) is 19.8 Å². The van der Waals surface area contributed by atoms with E-state index >= 15 is 0 Å². The summed E-state index contributed by atoms with van der Waals surface area (Å²) in [6.07, 6.45) is 5.01. The van der Waals surface area contributed by atoms with Crippen molar-refractivity contribution in [1.82, 2.24) is 0 Å². The number of methoxy groups -OCH3 is 1. The SMILES string of the molecule is COc1cc(Cl)cc(CN=C=O)c1OC1CCC1. The van der Waals surface area contributed by atoms with E-state index in [0.717, 1.165) is 18.4 Å². The predicted octanol–water partition coefficient (Wildman–Crippen LogP) is 3.12. The average Bonchev–Trinajstić information content (AvgIpc) is 2.31. The Morgan fingerprint density at radius 2 is 2.28 bits per heavy atom. The molecule has 0 N–H and O–H groups in total. The molecule has 0 atom stereocenters. The number of hydrogen-bond donors (Lipinski definition) is 0. The largest absolute Gasteiger partial charge is 0.493 e. The number of isocyanates is 1. The summed E-state index contributed by atoms with van der Waals surface area (Å²) in [5.41, 5.74) is 0.745. The van der Waals surface area contributed by atoms with Gasteiger partial charge in [0, 0.05) is 16.7 Å². The Morgan fingerprint density at radius 3 is 2.83 bits per heavy atom. The van der Waals surface area contributed by atoms with Crippen LogP contribution in [0, 0.1) is 0 Å². The maximum Gasteiger partial charge on any atom is 0.235 e. The molecule has 0 aliphatic heterocycles. The molecular formula is C13H14ClNO3. The van der Waals surface area contributed by atoms with E-state index in [-0.39, 0.29) is 12.6 Å². The molecule has 5 heteroatoms. The predicted molar refractivity (Wildman–Crippen MR) is 68.1 cm³/mol. The molecule has 1 aromatic rings. The van der Waals surface area contributed by atoms with E-state index in [1.807, 2.05) is 0 Å². The first-order valence-electron chi connectivity index (χ1n) is 5.81. The van der Waals surface area contributed by atoms with Gasteiger partial charge in [0.1, 0.15) is 0 Å². The Labute approximate surface area is 111 Å². The van der Waals surface area contributed by atoms with Crippen LogP contribution in [0.5, 0.6) is 11.5 Å². The van der Waals surface area contributed by atoms with E-state index < -0.39 is 0 Å². The van der Waals surface area contributed by atoms with Gasteiger partial charge in [-0.15, -0.1) is 0 Å². The van der Waals surface area contributed by atoms with Gasteiger partial charge in [0.2, 0.25) is 6.08 Å². The summed E-state index contributed by atoms with van der Waals surface area (Å²) in [5.74, 6) is 1.20.